The summed E-state index contributed by atoms with van der Waals surface area (Å²) < 4.78 is 5.19. The number of carbonyl (C=O) groups is 1. The van der Waals surface area contributed by atoms with Gasteiger partial charge < -0.3 is 15.8 Å². The van der Waals surface area contributed by atoms with E-state index < -0.39 is 0 Å². The number of likely N-dealkylation sites (tertiary alicyclic amines) is 1. The molecule has 1 aromatic carbocycles. The van der Waals surface area contributed by atoms with E-state index in [9.17, 15) is 4.79 Å². The number of methoxy groups -OCH3 is 1. The molecule has 1 saturated heterocycles. The summed E-state index contributed by atoms with van der Waals surface area (Å²) >= 11 is 0. The summed E-state index contributed by atoms with van der Waals surface area (Å²) in [6.07, 6.45) is 2.36. The van der Waals surface area contributed by atoms with Gasteiger partial charge in [0, 0.05) is 25.7 Å². The van der Waals surface area contributed by atoms with Crippen molar-refractivity contribution in [1.82, 2.24) is 10.2 Å². The van der Waals surface area contributed by atoms with Gasteiger partial charge in [0.1, 0.15) is 5.75 Å². The summed E-state index contributed by atoms with van der Waals surface area (Å²) in [4.78, 5) is 14.4. The number of fused-ring (bicyclic) bond motifs is 1. The fourth-order valence-electron chi connectivity index (χ4n) is 3.77. The van der Waals surface area contributed by atoms with Gasteiger partial charge in [0.25, 0.3) is 0 Å². The Labute approximate surface area is 131 Å². The molecule has 1 aromatic rings. The van der Waals surface area contributed by atoms with Gasteiger partial charge in [-0.15, -0.1) is 0 Å². The minimum absolute atomic E-state index is 0.0800. The third kappa shape index (κ3) is 3.42. The van der Waals surface area contributed by atoms with Crippen molar-refractivity contribution in [3.8, 4) is 5.75 Å². The molecule has 1 aliphatic carbocycles. The van der Waals surface area contributed by atoms with Crippen molar-refractivity contribution >= 4 is 5.91 Å². The maximum atomic E-state index is 12.1. The molecule has 2 fully saturated rings. The maximum Gasteiger partial charge on any atom is 0.234 e. The third-order valence-electron chi connectivity index (χ3n) is 4.98. The Bertz CT molecular complexity index is 534. The predicted octanol–water partition coefficient (Wildman–Crippen LogP) is 0.981. The Balaban J connectivity index is 1.45. The zero-order valence-electron chi connectivity index (χ0n) is 13.1. The molecule has 0 radical (unpaired) electrons. The van der Waals surface area contributed by atoms with E-state index in [-0.39, 0.29) is 5.91 Å². The summed E-state index contributed by atoms with van der Waals surface area (Å²) in [5, 5.41) is 2.99. The summed E-state index contributed by atoms with van der Waals surface area (Å²) in [5.41, 5.74) is 7.18. The number of hydrogen-bond acceptors (Lipinski definition) is 4. The van der Waals surface area contributed by atoms with Gasteiger partial charge in [-0.1, -0.05) is 12.1 Å². The summed E-state index contributed by atoms with van der Waals surface area (Å²) in [6, 6.07) is 8.09. The van der Waals surface area contributed by atoms with Gasteiger partial charge in [0.05, 0.1) is 13.7 Å². The second kappa shape index (κ2) is 6.67. The lowest BCUT2D eigenvalue weighted by Gasteiger charge is -2.18. The van der Waals surface area contributed by atoms with E-state index in [1.54, 1.807) is 7.11 Å². The van der Waals surface area contributed by atoms with Gasteiger partial charge in [-0.2, -0.15) is 0 Å². The van der Waals surface area contributed by atoms with E-state index in [2.05, 4.69) is 10.2 Å². The molecule has 1 amide bonds. The summed E-state index contributed by atoms with van der Waals surface area (Å²) in [6.45, 7) is 3.00. The average Bonchev–Trinajstić information content (AvgIpc) is 3.07. The molecule has 0 spiro atoms. The highest BCUT2D eigenvalue weighted by molar-refractivity contribution is 5.78. The van der Waals surface area contributed by atoms with E-state index in [4.69, 9.17) is 10.5 Å². The van der Waals surface area contributed by atoms with Crippen LogP contribution in [0, 0.1) is 11.8 Å². The minimum atomic E-state index is 0.0800. The number of nitrogens with zero attached hydrogens (tertiary/aromatic N) is 1. The van der Waals surface area contributed by atoms with Crippen LogP contribution in [0.15, 0.2) is 24.3 Å². The van der Waals surface area contributed by atoms with Crippen molar-refractivity contribution in [1.29, 1.82) is 0 Å². The predicted molar refractivity (Wildman–Crippen MR) is 85.5 cm³/mol. The first kappa shape index (κ1) is 15.3. The van der Waals surface area contributed by atoms with Crippen molar-refractivity contribution in [3.63, 3.8) is 0 Å². The van der Waals surface area contributed by atoms with E-state index in [0.29, 0.717) is 31.0 Å². The Hall–Kier alpha value is -1.59. The number of nitrogens with two attached hydrogens (primary N) is 1. The van der Waals surface area contributed by atoms with Gasteiger partial charge in [-0.3, -0.25) is 9.69 Å². The zero-order chi connectivity index (χ0) is 15.5. The quantitative estimate of drug-likeness (QED) is 0.851. The van der Waals surface area contributed by atoms with Crippen LogP contribution in [-0.4, -0.2) is 43.6 Å². The Morgan fingerprint density at radius 1 is 1.41 bits per heavy atom. The van der Waals surface area contributed by atoms with Gasteiger partial charge in [-0.25, -0.2) is 0 Å². The highest BCUT2D eigenvalue weighted by Gasteiger charge is 2.41. The molecule has 5 nitrogen and oxygen atoms in total. The van der Waals surface area contributed by atoms with Crippen molar-refractivity contribution in [2.24, 2.45) is 17.6 Å². The molecular formula is C17H25N3O2. The van der Waals surface area contributed by atoms with Crippen LogP contribution in [0.4, 0.5) is 0 Å². The molecule has 22 heavy (non-hydrogen) atoms. The monoisotopic (exact) mass is 303 g/mol. The van der Waals surface area contributed by atoms with E-state index in [0.717, 1.165) is 30.8 Å². The van der Waals surface area contributed by atoms with Crippen LogP contribution in [0.2, 0.25) is 0 Å². The fraction of sp³-hybridized carbons (Fsp3) is 0.588. The second-order valence-electron chi connectivity index (χ2n) is 6.49. The van der Waals surface area contributed by atoms with E-state index in [1.807, 2.05) is 24.3 Å². The lowest BCUT2D eigenvalue weighted by molar-refractivity contribution is -0.122. The fourth-order valence-corrected chi connectivity index (χ4v) is 3.77. The van der Waals surface area contributed by atoms with E-state index >= 15 is 0 Å². The molecule has 1 saturated carbocycles. The average molecular weight is 303 g/mol. The zero-order valence-corrected chi connectivity index (χ0v) is 13.1. The van der Waals surface area contributed by atoms with Crippen molar-refractivity contribution in [3.05, 3.63) is 29.8 Å². The van der Waals surface area contributed by atoms with Crippen LogP contribution < -0.4 is 15.8 Å². The summed E-state index contributed by atoms with van der Waals surface area (Å²) in [7, 11) is 1.65. The normalized spacial score (nSPS) is 27.6. The van der Waals surface area contributed by atoms with Crippen molar-refractivity contribution < 1.29 is 9.53 Å². The van der Waals surface area contributed by atoms with Crippen LogP contribution >= 0.6 is 0 Å². The van der Waals surface area contributed by atoms with Crippen LogP contribution in [0.1, 0.15) is 18.4 Å². The minimum Gasteiger partial charge on any atom is -0.497 e. The van der Waals surface area contributed by atoms with Crippen molar-refractivity contribution in [2.45, 2.75) is 25.4 Å². The molecule has 3 N–H and O–H groups in total. The highest BCUT2D eigenvalue weighted by Crippen LogP contribution is 2.36. The largest absolute Gasteiger partial charge is 0.497 e. The number of amides is 1. The molecule has 0 bridgehead atoms. The topological polar surface area (TPSA) is 67.6 Å². The number of benzene rings is 1. The van der Waals surface area contributed by atoms with E-state index in [1.165, 1.54) is 6.42 Å². The van der Waals surface area contributed by atoms with Crippen LogP contribution in [0.3, 0.4) is 0 Å². The Morgan fingerprint density at radius 2 is 2.27 bits per heavy atom. The number of hydrogen-bond donors (Lipinski definition) is 2. The Kier molecular flexibility index (Phi) is 4.64. The SMILES string of the molecule is COc1cccc(CNC(=O)CN2CC3CCC(N)C3C2)c1. The lowest BCUT2D eigenvalue weighted by atomic mass is 9.98. The second-order valence-corrected chi connectivity index (χ2v) is 6.49. The molecule has 1 heterocycles. The molecule has 5 heteroatoms. The highest BCUT2D eigenvalue weighted by atomic mass is 16.5. The molecule has 120 valence electrons. The third-order valence-corrected chi connectivity index (χ3v) is 4.98. The molecule has 1 aliphatic heterocycles. The molecule has 3 unspecified atom stereocenters. The first-order valence-corrected chi connectivity index (χ1v) is 8.03. The molecule has 2 aliphatic rings. The van der Waals surface area contributed by atoms with Crippen molar-refractivity contribution in [2.75, 3.05) is 26.7 Å². The van der Waals surface area contributed by atoms with Crippen LogP contribution in [0.25, 0.3) is 0 Å². The van der Waals surface area contributed by atoms with Gasteiger partial charge >= 0.3 is 0 Å². The molecule has 3 rings (SSSR count). The Morgan fingerprint density at radius 3 is 3.05 bits per heavy atom. The number of ether oxygens (including phenoxy) is 1. The molecule has 0 aromatic heterocycles. The number of rotatable bonds is 5. The van der Waals surface area contributed by atoms with Crippen LogP contribution in [0.5, 0.6) is 5.75 Å². The lowest BCUT2D eigenvalue weighted by Crippen LogP contribution is -2.37. The standard InChI is InChI=1S/C17H25N3O2/c1-22-14-4-2-3-12(7-14)8-19-17(21)11-20-9-13-5-6-16(18)15(13)10-20/h2-4,7,13,15-16H,5-6,8-11,18H2,1H3,(H,19,21). The first-order chi connectivity index (χ1) is 10.7. The first-order valence-electron chi connectivity index (χ1n) is 8.03. The molecule has 3 atom stereocenters. The van der Waals surface area contributed by atoms with Gasteiger partial charge in [0.15, 0.2) is 0 Å². The summed E-state index contributed by atoms with van der Waals surface area (Å²) in [5.74, 6) is 2.18. The maximum absolute atomic E-state index is 12.1. The van der Waals surface area contributed by atoms with Crippen LogP contribution in [-0.2, 0) is 11.3 Å². The number of carbonyl (C=O) groups excluding carboxylic acids is 1. The smallest absolute Gasteiger partial charge is 0.234 e. The van der Waals surface area contributed by atoms with Gasteiger partial charge in [0.2, 0.25) is 5.91 Å². The molecular weight excluding hydrogens is 278 g/mol. The number of nitrogens with one attached hydrogen (secondary N) is 1. The van der Waals surface area contributed by atoms with Gasteiger partial charge in [-0.05, 0) is 42.4 Å².